The van der Waals surface area contributed by atoms with E-state index in [2.05, 4.69) is 59.8 Å². The summed E-state index contributed by atoms with van der Waals surface area (Å²) in [7, 11) is 0. The summed E-state index contributed by atoms with van der Waals surface area (Å²) in [4.78, 5) is 4.73. The third-order valence-corrected chi connectivity index (χ3v) is 7.79. The molecule has 2 aliphatic rings. The molecule has 3 atom stereocenters. The molecule has 2 aromatic rings. The van der Waals surface area contributed by atoms with Crippen molar-refractivity contribution in [2.45, 2.75) is 71.6 Å². The van der Waals surface area contributed by atoms with E-state index >= 15 is 0 Å². The molecule has 0 fully saturated rings. The van der Waals surface area contributed by atoms with Crippen molar-refractivity contribution >= 4 is 17.8 Å². The Morgan fingerprint density at radius 1 is 1.06 bits per heavy atom. The van der Waals surface area contributed by atoms with E-state index in [0.717, 1.165) is 29.0 Å². The Balaban J connectivity index is 1.72. The molecular formula is C28H34ClNO2. The normalized spacial score (nSPS) is 23.8. The number of rotatable bonds is 7. The maximum atomic E-state index is 6.60. The minimum atomic E-state index is -0.324. The molecular weight excluding hydrogens is 418 g/mol. The van der Waals surface area contributed by atoms with Gasteiger partial charge in [0, 0.05) is 29.5 Å². The average molecular weight is 452 g/mol. The van der Waals surface area contributed by atoms with E-state index in [9.17, 15) is 0 Å². The van der Waals surface area contributed by atoms with Crippen LogP contribution in [0.25, 0.3) is 0 Å². The Kier molecular flexibility index (Phi) is 6.15. The van der Waals surface area contributed by atoms with E-state index in [1.54, 1.807) is 0 Å². The van der Waals surface area contributed by atoms with Crippen LogP contribution in [0.5, 0.6) is 11.5 Å². The summed E-state index contributed by atoms with van der Waals surface area (Å²) >= 11 is 6.51. The Labute approximate surface area is 197 Å². The zero-order valence-corrected chi connectivity index (χ0v) is 20.8. The number of hydrogen-bond donors (Lipinski definition) is 0. The maximum absolute atomic E-state index is 6.60. The monoisotopic (exact) mass is 451 g/mol. The van der Waals surface area contributed by atoms with Gasteiger partial charge >= 0.3 is 0 Å². The molecule has 0 N–H and O–H groups in total. The van der Waals surface area contributed by atoms with E-state index in [-0.39, 0.29) is 23.0 Å². The van der Waals surface area contributed by atoms with Gasteiger partial charge in [0.15, 0.2) is 0 Å². The van der Waals surface area contributed by atoms with Crippen LogP contribution in [-0.4, -0.2) is 23.2 Å². The van der Waals surface area contributed by atoms with Crippen LogP contribution in [0.4, 0.5) is 0 Å². The number of hydrogen-bond acceptors (Lipinski definition) is 3. The minimum absolute atomic E-state index is 0.209. The van der Waals surface area contributed by atoms with Gasteiger partial charge in [0.1, 0.15) is 23.7 Å². The third kappa shape index (κ3) is 3.96. The molecule has 3 unspecified atom stereocenters. The fourth-order valence-electron chi connectivity index (χ4n) is 5.17. The number of benzene rings is 2. The van der Waals surface area contributed by atoms with Gasteiger partial charge in [0.05, 0.1) is 5.54 Å². The molecule has 0 radical (unpaired) electrons. The van der Waals surface area contributed by atoms with Crippen LogP contribution in [0.3, 0.4) is 0 Å². The molecule has 3 nitrogen and oxygen atoms in total. The highest BCUT2D eigenvalue weighted by Gasteiger charge is 2.47. The van der Waals surface area contributed by atoms with Gasteiger partial charge in [-0.15, -0.1) is 11.6 Å². The van der Waals surface area contributed by atoms with Crippen molar-refractivity contribution in [2.24, 2.45) is 10.9 Å². The van der Waals surface area contributed by atoms with Gasteiger partial charge in [0.25, 0.3) is 0 Å². The number of aliphatic imine (C=N–C) groups is 1. The molecule has 0 aromatic heterocycles. The number of fused-ring (bicyclic) bond motifs is 1. The lowest BCUT2D eigenvalue weighted by Gasteiger charge is -2.35. The van der Waals surface area contributed by atoms with Crippen LogP contribution in [0, 0.1) is 26.7 Å². The van der Waals surface area contributed by atoms with Crippen molar-refractivity contribution in [3.63, 3.8) is 0 Å². The van der Waals surface area contributed by atoms with Crippen molar-refractivity contribution in [1.82, 2.24) is 0 Å². The first-order valence-corrected chi connectivity index (χ1v) is 12.0. The topological polar surface area (TPSA) is 30.8 Å². The summed E-state index contributed by atoms with van der Waals surface area (Å²) in [6, 6.07) is 10.3. The van der Waals surface area contributed by atoms with E-state index in [1.807, 2.05) is 30.5 Å². The first-order chi connectivity index (χ1) is 15.2. The number of allylic oxidation sites excluding steroid dienone is 1. The standard InChI is InChI=1S/C28H34ClNO2/c1-18-19(2)26-24(20(3)25(18)31-17-21-11-8-7-9-12-21)23(27(4,5)32-26)15-22(16-29)28(6)13-10-14-30-28/h7-14,22-23H,15-17H2,1-6H3. The summed E-state index contributed by atoms with van der Waals surface area (Å²) in [5.41, 5.74) is 5.34. The number of nitrogens with zero attached hydrogens (tertiary/aromatic N) is 1. The highest BCUT2D eigenvalue weighted by Crippen LogP contribution is 2.54. The largest absolute Gasteiger partial charge is 0.488 e. The molecule has 170 valence electrons. The van der Waals surface area contributed by atoms with Crippen LogP contribution >= 0.6 is 11.6 Å². The van der Waals surface area contributed by atoms with Gasteiger partial charge in [-0.3, -0.25) is 4.99 Å². The van der Waals surface area contributed by atoms with E-state index < -0.39 is 0 Å². The van der Waals surface area contributed by atoms with Gasteiger partial charge in [-0.1, -0.05) is 36.4 Å². The Bertz CT molecular complexity index is 1040. The molecule has 0 aliphatic carbocycles. The van der Waals surface area contributed by atoms with Crippen molar-refractivity contribution in [1.29, 1.82) is 0 Å². The fourth-order valence-corrected chi connectivity index (χ4v) is 5.60. The van der Waals surface area contributed by atoms with E-state index in [4.69, 9.17) is 26.1 Å². The first-order valence-electron chi connectivity index (χ1n) is 11.5. The number of ether oxygens (including phenoxy) is 2. The lowest BCUT2D eigenvalue weighted by atomic mass is 9.73. The molecule has 0 amide bonds. The first kappa shape index (κ1) is 22.9. The Morgan fingerprint density at radius 3 is 2.41 bits per heavy atom. The van der Waals surface area contributed by atoms with Crippen LogP contribution in [0.15, 0.2) is 47.5 Å². The summed E-state index contributed by atoms with van der Waals surface area (Å²) in [6.07, 6.45) is 6.99. The molecule has 0 saturated carbocycles. The quantitative estimate of drug-likeness (QED) is 0.420. The van der Waals surface area contributed by atoms with E-state index in [0.29, 0.717) is 12.5 Å². The molecule has 0 bridgehead atoms. The van der Waals surface area contributed by atoms with Gasteiger partial charge in [-0.25, -0.2) is 0 Å². The third-order valence-electron chi connectivity index (χ3n) is 7.42. The lowest BCUT2D eigenvalue weighted by molar-refractivity contribution is 0.0959. The van der Waals surface area contributed by atoms with Gasteiger partial charge in [-0.2, -0.15) is 0 Å². The minimum Gasteiger partial charge on any atom is -0.488 e. The van der Waals surface area contributed by atoms with E-state index in [1.165, 1.54) is 16.7 Å². The SMILES string of the molecule is Cc1c(C)c2c(c(C)c1OCc1ccccc1)C(CC(CCl)C1(C)C=CC=N1)C(C)(C)O2. The summed E-state index contributed by atoms with van der Waals surface area (Å²) < 4.78 is 13.0. The predicted octanol–water partition coefficient (Wildman–Crippen LogP) is 7.09. The maximum Gasteiger partial charge on any atom is 0.127 e. The van der Waals surface area contributed by atoms with Crippen LogP contribution < -0.4 is 9.47 Å². The highest BCUT2D eigenvalue weighted by molar-refractivity contribution is 6.18. The zero-order chi connectivity index (χ0) is 23.1. The second-order valence-electron chi connectivity index (χ2n) is 9.93. The molecule has 4 rings (SSSR count). The van der Waals surface area contributed by atoms with Crippen molar-refractivity contribution in [2.75, 3.05) is 5.88 Å². The molecule has 0 spiro atoms. The molecule has 32 heavy (non-hydrogen) atoms. The summed E-state index contributed by atoms with van der Waals surface area (Å²) in [5, 5.41) is 0. The van der Waals surface area contributed by atoms with Gasteiger partial charge < -0.3 is 9.47 Å². The molecule has 2 heterocycles. The summed E-state index contributed by atoms with van der Waals surface area (Å²) in [5.74, 6) is 2.98. The van der Waals surface area contributed by atoms with Crippen LogP contribution in [-0.2, 0) is 6.61 Å². The second-order valence-corrected chi connectivity index (χ2v) is 10.2. The van der Waals surface area contributed by atoms with Crippen molar-refractivity contribution in [3.8, 4) is 11.5 Å². The van der Waals surface area contributed by atoms with Crippen molar-refractivity contribution < 1.29 is 9.47 Å². The van der Waals surface area contributed by atoms with Gasteiger partial charge in [0.2, 0.25) is 0 Å². The molecule has 0 saturated heterocycles. The fraction of sp³-hybridized carbons (Fsp3) is 0.464. The summed E-state index contributed by atoms with van der Waals surface area (Å²) in [6.45, 7) is 13.6. The lowest BCUT2D eigenvalue weighted by Crippen LogP contribution is -2.37. The number of halogens is 1. The Hall–Kier alpha value is -2.26. The molecule has 4 heteroatoms. The van der Waals surface area contributed by atoms with Crippen molar-refractivity contribution in [3.05, 3.63) is 70.3 Å². The number of alkyl halides is 1. The van der Waals surface area contributed by atoms with Crippen LogP contribution in [0.1, 0.15) is 60.9 Å². The second kappa shape index (κ2) is 8.59. The Morgan fingerprint density at radius 2 is 1.78 bits per heavy atom. The predicted molar refractivity (Wildman–Crippen MR) is 134 cm³/mol. The molecule has 2 aromatic carbocycles. The smallest absolute Gasteiger partial charge is 0.127 e. The van der Waals surface area contributed by atoms with Gasteiger partial charge in [-0.05, 0) is 76.3 Å². The average Bonchev–Trinajstić information content (AvgIpc) is 3.32. The van der Waals surface area contributed by atoms with Crippen LogP contribution in [0.2, 0.25) is 0 Å². The molecule has 2 aliphatic heterocycles. The zero-order valence-electron chi connectivity index (χ0n) is 20.0. The highest BCUT2D eigenvalue weighted by atomic mass is 35.5.